The first-order valence-corrected chi connectivity index (χ1v) is 11.3. The van der Waals surface area contributed by atoms with E-state index in [9.17, 15) is 0 Å². The number of rotatable bonds is 6. The zero-order valence-corrected chi connectivity index (χ0v) is 20.1. The van der Waals surface area contributed by atoms with E-state index in [-0.39, 0.29) is 0 Å². The maximum absolute atomic E-state index is 6.42. The Labute approximate surface area is 195 Å². The molecular formula is C26H31ClN4O. The van der Waals surface area contributed by atoms with E-state index in [1.54, 1.807) is 0 Å². The molecule has 6 heteroatoms. The standard InChI is InChI=1S/C19H15ClN4.C7H16O/c1-21-19-22-16-11-15(20)17(23-18(16)24-19)14-9-7-13(8-10-14)12-5-3-2-4-6-12;1-6(2)5-8-7(3)4/h2-11H,1H3,(H2,21,22,23,24);6-7H,5H2,1-4H3. The van der Waals surface area contributed by atoms with E-state index < -0.39 is 0 Å². The average Bonchev–Trinajstić information content (AvgIpc) is 3.20. The third-order valence-electron chi connectivity index (χ3n) is 4.69. The van der Waals surface area contributed by atoms with Crippen LogP contribution < -0.4 is 5.32 Å². The number of aromatic nitrogens is 3. The van der Waals surface area contributed by atoms with Gasteiger partial charge in [-0.2, -0.15) is 4.98 Å². The van der Waals surface area contributed by atoms with Crippen LogP contribution in [0.25, 0.3) is 33.5 Å². The van der Waals surface area contributed by atoms with Gasteiger partial charge in [-0.05, 0) is 37.0 Å². The van der Waals surface area contributed by atoms with Crippen molar-refractivity contribution in [2.75, 3.05) is 19.0 Å². The third kappa shape index (κ3) is 6.31. The van der Waals surface area contributed by atoms with Crippen LogP contribution in [0.15, 0.2) is 60.7 Å². The number of nitrogens with one attached hydrogen (secondary N) is 2. The second kappa shape index (κ2) is 11.1. The van der Waals surface area contributed by atoms with Crippen LogP contribution in [0.4, 0.5) is 5.95 Å². The van der Waals surface area contributed by atoms with Gasteiger partial charge < -0.3 is 15.0 Å². The fraction of sp³-hybridized carbons (Fsp3) is 0.308. The number of halogens is 1. The topological polar surface area (TPSA) is 62.8 Å². The Hall–Kier alpha value is -2.89. The molecule has 4 rings (SSSR count). The van der Waals surface area contributed by atoms with Crippen molar-refractivity contribution in [3.8, 4) is 22.4 Å². The number of anilines is 1. The maximum Gasteiger partial charge on any atom is 0.202 e. The Morgan fingerprint density at radius 2 is 1.53 bits per heavy atom. The Balaban J connectivity index is 0.000000312. The van der Waals surface area contributed by atoms with Crippen LogP contribution in [-0.2, 0) is 4.74 Å². The average molecular weight is 451 g/mol. The van der Waals surface area contributed by atoms with Crippen LogP contribution in [-0.4, -0.2) is 34.7 Å². The molecule has 2 heterocycles. The van der Waals surface area contributed by atoms with Crippen LogP contribution in [0.3, 0.4) is 0 Å². The molecule has 0 saturated carbocycles. The molecule has 0 radical (unpaired) electrons. The molecule has 168 valence electrons. The second-order valence-electron chi connectivity index (χ2n) is 8.24. The van der Waals surface area contributed by atoms with Crippen molar-refractivity contribution in [2.24, 2.45) is 5.92 Å². The van der Waals surface area contributed by atoms with Crippen molar-refractivity contribution in [1.29, 1.82) is 0 Å². The fourth-order valence-electron chi connectivity index (χ4n) is 3.07. The van der Waals surface area contributed by atoms with Gasteiger partial charge in [-0.25, -0.2) is 4.98 Å². The van der Waals surface area contributed by atoms with E-state index in [1.165, 1.54) is 5.56 Å². The van der Waals surface area contributed by atoms with Crippen LogP contribution in [0.2, 0.25) is 5.02 Å². The van der Waals surface area contributed by atoms with Gasteiger partial charge in [-0.3, -0.25) is 0 Å². The molecule has 2 aromatic carbocycles. The molecule has 0 fully saturated rings. The van der Waals surface area contributed by atoms with E-state index >= 15 is 0 Å². The highest BCUT2D eigenvalue weighted by Gasteiger charge is 2.11. The first-order valence-electron chi connectivity index (χ1n) is 10.9. The molecule has 0 aliphatic rings. The van der Waals surface area contributed by atoms with Crippen molar-refractivity contribution in [3.05, 3.63) is 65.7 Å². The number of H-pyrrole nitrogens is 1. The van der Waals surface area contributed by atoms with Crippen molar-refractivity contribution in [2.45, 2.75) is 33.8 Å². The van der Waals surface area contributed by atoms with E-state index in [4.69, 9.17) is 16.3 Å². The summed E-state index contributed by atoms with van der Waals surface area (Å²) in [7, 11) is 1.81. The highest BCUT2D eigenvalue weighted by Crippen LogP contribution is 2.30. The van der Waals surface area contributed by atoms with Crippen molar-refractivity contribution >= 4 is 28.7 Å². The molecule has 2 aromatic heterocycles. The minimum atomic E-state index is 0.386. The molecule has 0 saturated heterocycles. The van der Waals surface area contributed by atoms with Crippen LogP contribution in [0.1, 0.15) is 27.7 Å². The summed E-state index contributed by atoms with van der Waals surface area (Å²) in [4.78, 5) is 12.1. The molecule has 2 N–H and O–H groups in total. The Bertz CT molecular complexity index is 1110. The van der Waals surface area contributed by atoms with Gasteiger partial charge in [0, 0.05) is 19.2 Å². The first-order chi connectivity index (χ1) is 15.4. The molecule has 4 aromatic rings. The largest absolute Gasteiger partial charge is 0.379 e. The minimum Gasteiger partial charge on any atom is -0.379 e. The summed E-state index contributed by atoms with van der Waals surface area (Å²) in [5, 5.41) is 3.57. The molecule has 0 amide bonds. The smallest absolute Gasteiger partial charge is 0.202 e. The van der Waals surface area contributed by atoms with Gasteiger partial charge in [0.25, 0.3) is 0 Å². The summed E-state index contributed by atoms with van der Waals surface area (Å²) in [6.45, 7) is 9.31. The lowest BCUT2D eigenvalue weighted by molar-refractivity contribution is 0.0593. The van der Waals surface area contributed by atoms with Crippen molar-refractivity contribution in [1.82, 2.24) is 15.0 Å². The molecule has 0 aliphatic heterocycles. The predicted molar refractivity (Wildman–Crippen MR) is 135 cm³/mol. The van der Waals surface area contributed by atoms with E-state index in [1.807, 2.05) is 43.4 Å². The monoisotopic (exact) mass is 450 g/mol. The van der Waals surface area contributed by atoms with Crippen molar-refractivity contribution in [3.63, 3.8) is 0 Å². The minimum absolute atomic E-state index is 0.386. The number of pyridine rings is 1. The van der Waals surface area contributed by atoms with Gasteiger partial charge in [0.2, 0.25) is 5.95 Å². The summed E-state index contributed by atoms with van der Waals surface area (Å²) in [6, 6.07) is 20.4. The summed E-state index contributed by atoms with van der Waals surface area (Å²) < 4.78 is 5.30. The van der Waals surface area contributed by atoms with Crippen LogP contribution >= 0.6 is 11.6 Å². The number of hydrogen-bond acceptors (Lipinski definition) is 4. The molecule has 32 heavy (non-hydrogen) atoms. The summed E-state index contributed by atoms with van der Waals surface area (Å²) in [5.74, 6) is 1.34. The molecule has 0 unspecified atom stereocenters. The molecular weight excluding hydrogens is 420 g/mol. The highest BCUT2D eigenvalue weighted by atomic mass is 35.5. The Morgan fingerprint density at radius 3 is 2.09 bits per heavy atom. The molecule has 5 nitrogen and oxygen atoms in total. The summed E-state index contributed by atoms with van der Waals surface area (Å²) in [5.41, 5.74) is 5.51. The zero-order valence-electron chi connectivity index (χ0n) is 19.3. The lowest BCUT2D eigenvalue weighted by atomic mass is 10.0. The van der Waals surface area contributed by atoms with E-state index in [0.717, 1.165) is 28.9 Å². The molecule has 0 atom stereocenters. The SMILES string of the molecule is CC(C)COC(C)C.CNc1nc2nc(-c3ccc(-c4ccccc4)cc3)c(Cl)cc2[nH]1. The first kappa shape index (κ1) is 23.8. The normalized spacial score (nSPS) is 11.0. The quantitative estimate of drug-likeness (QED) is 0.330. The fourth-order valence-corrected chi connectivity index (χ4v) is 3.34. The van der Waals surface area contributed by atoms with Crippen LogP contribution in [0.5, 0.6) is 0 Å². The lowest BCUT2D eigenvalue weighted by Gasteiger charge is -2.08. The number of benzene rings is 2. The number of nitrogens with zero attached hydrogens (tertiary/aromatic N) is 2. The van der Waals surface area contributed by atoms with Crippen LogP contribution in [0, 0.1) is 5.92 Å². The highest BCUT2D eigenvalue weighted by molar-refractivity contribution is 6.33. The number of ether oxygens (including phenoxy) is 1. The summed E-state index contributed by atoms with van der Waals surface area (Å²) in [6.07, 6.45) is 0.386. The van der Waals surface area contributed by atoms with E-state index in [0.29, 0.717) is 28.6 Å². The number of hydrogen-bond donors (Lipinski definition) is 2. The molecule has 0 spiro atoms. The van der Waals surface area contributed by atoms with E-state index in [2.05, 4.69) is 72.2 Å². The molecule has 0 aliphatic carbocycles. The number of aromatic amines is 1. The number of imidazole rings is 1. The van der Waals surface area contributed by atoms with Crippen molar-refractivity contribution < 1.29 is 4.74 Å². The Kier molecular flexibility index (Phi) is 8.26. The number of fused-ring (bicyclic) bond motifs is 1. The zero-order chi connectivity index (χ0) is 23.1. The van der Waals surface area contributed by atoms with Gasteiger partial charge in [0.15, 0.2) is 5.65 Å². The third-order valence-corrected chi connectivity index (χ3v) is 4.98. The maximum atomic E-state index is 6.42. The van der Waals surface area contributed by atoms with Gasteiger partial charge >= 0.3 is 0 Å². The van der Waals surface area contributed by atoms with Gasteiger partial charge in [0.05, 0.1) is 22.3 Å². The predicted octanol–water partition coefficient (Wildman–Crippen LogP) is 7.05. The van der Waals surface area contributed by atoms with Gasteiger partial charge in [-0.15, -0.1) is 0 Å². The molecule has 0 bridgehead atoms. The Morgan fingerprint density at radius 1 is 0.906 bits per heavy atom. The lowest BCUT2D eigenvalue weighted by Crippen LogP contribution is -2.08. The summed E-state index contributed by atoms with van der Waals surface area (Å²) >= 11 is 6.42. The second-order valence-corrected chi connectivity index (χ2v) is 8.65. The van der Waals surface area contributed by atoms with Gasteiger partial charge in [-0.1, -0.05) is 80.0 Å². The van der Waals surface area contributed by atoms with Gasteiger partial charge in [0.1, 0.15) is 0 Å².